The highest BCUT2D eigenvalue weighted by Crippen LogP contribution is 2.33. The number of benzene rings is 2. The van der Waals surface area contributed by atoms with Gasteiger partial charge in [-0.05, 0) is 63.0 Å². The minimum Gasteiger partial charge on any atom is -0.490 e. The molecule has 2 aromatic carbocycles. The molecule has 0 unspecified atom stereocenters. The summed E-state index contributed by atoms with van der Waals surface area (Å²) in [5.41, 5.74) is 0.676. The number of hydrogen-bond donors (Lipinski definition) is 0. The molecule has 1 aliphatic rings. The Balaban J connectivity index is 1.52. The van der Waals surface area contributed by atoms with Crippen molar-refractivity contribution >= 4 is 22.4 Å². The summed E-state index contributed by atoms with van der Waals surface area (Å²) in [6.07, 6.45) is 6.75. The van der Waals surface area contributed by atoms with Crippen LogP contribution in [-0.4, -0.2) is 41.8 Å². The van der Waals surface area contributed by atoms with Gasteiger partial charge in [0.15, 0.2) is 17.3 Å². The first-order valence-electron chi connectivity index (χ1n) is 12.4. The second-order valence-electron chi connectivity index (χ2n) is 9.02. The van der Waals surface area contributed by atoms with Crippen molar-refractivity contribution < 1.29 is 23.3 Å². The molecule has 0 atom stereocenters. The summed E-state index contributed by atoms with van der Waals surface area (Å²) >= 11 is 0. The Hall–Kier alpha value is -3.26. The van der Waals surface area contributed by atoms with Gasteiger partial charge in [0, 0.05) is 36.0 Å². The smallest absolute Gasteiger partial charge is 0.270 e. The van der Waals surface area contributed by atoms with Crippen LogP contribution in [0.4, 0.5) is 10.1 Å². The molecule has 0 amide bonds. The molecule has 1 saturated heterocycles. The van der Waals surface area contributed by atoms with Crippen LogP contribution < -0.4 is 4.74 Å². The van der Waals surface area contributed by atoms with E-state index in [1.807, 2.05) is 6.92 Å². The molecule has 7 nitrogen and oxygen atoms in total. The number of likely N-dealkylation sites (tertiary alicyclic amines) is 1. The lowest BCUT2D eigenvalue weighted by Crippen LogP contribution is -2.31. The van der Waals surface area contributed by atoms with Crippen molar-refractivity contribution in [2.75, 3.05) is 26.2 Å². The molecular formula is C27H31FN2O5. The molecule has 0 saturated carbocycles. The number of rotatable bonds is 11. The van der Waals surface area contributed by atoms with Crippen LogP contribution in [0.15, 0.2) is 40.8 Å². The van der Waals surface area contributed by atoms with E-state index in [1.165, 1.54) is 55.7 Å². The second kappa shape index (κ2) is 11.4. The standard InChI is InChI=1S/C27H31FN2O5/c1-2-3-8-25-26(21-18-20(30(32)33)10-12-23(21)35-25)27(31)19-9-11-24(22(28)17-19)34-16-7-15-29-13-5-4-6-14-29/h9-12,17-18H,2-8,13-16H2,1H3. The van der Waals surface area contributed by atoms with E-state index in [0.29, 0.717) is 29.8 Å². The summed E-state index contributed by atoms with van der Waals surface area (Å²) in [6, 6.07) is 8.37. The topological polar surface area (TPSA) is 85.8 Å². The molecule has 1 aromatic heterocycles. The van der Waals surface area contributed by atoms with Crippen molar-refractivity contribution in [2.45, 2.75) is 51.9 Å². The monoisotopic (exact) mass is 482 g/mol. The Morgan fingerprint density at radius 2 is 1.94 bits per heavy atom. The molecule has 186 valence electrons. The highest BCUT2D eigenvalue weighted by atomic mass is 19.1. The highest BCUT2D eigenvalue weighted by molar-refractivity contribution is 6.17. The van der Waals surface area contributed by atoms with E-state index >= 15 is 0 Å². The van der Waals surface area contributed by atoms with E-state index < -0.39 is 16.5 Å². The molecule has 0 radical (unpaired) electrons. The predicted octanol–water partition coefficient (Wildman–Crippen LogP) is 6.31. The van der Waals surface area contributed by atoms with Crippen molar-refractivity contribution in [2.24, 2.45) is 0 Å². The van der Waals surface area contributed by atoms with Crippen LogP contribution in [0.1, 0.15) is 67.1 Å². The van der Waals surface area contributed by atoms with Gasteiger partial charge in [-0.15, -0.1) is 0 Å². The molecule has 0 N–H and O–H groups in total. The number of nitro benzene ring substituents is 1. The van der Waals surface area contributed by atoms with Crippen LogP contribution in [-0.2, 0) is 6.42 Å². The molecule has 8 heteroatoms. The van der Waals surface area contributed by atoms with Gasteiger partial charge in [-0.1, -0.05) is 19.8 Å². The Labute approximate surface area is 204 Å². The average molecular weight is 483 g/mol. The molecule has 35 heavy (non-hydrogen) atoms. The van der Waals surface area contributed by atoms with Crippen LogP contribution in [0, 0.1) is 15.9 Å². The Bertz CT molecular complexity index is 1200. The van der Waals surface area contributed by atoms with Crippen molar-refractivity contribution in [1.29, 1.82) is 0 Å². The lowest BCUT2D eigenvalue weighted by atomic mass is 9.98. The third kappa shape index (κ3) is 5.88. The lowest BCUT2D eigenvalue weighted by Gasteiger charge is -2.26. The Morgan fingerprint density at radius 3 is 2.66 bits per heavy atom. The summed E-state index contributed by atoms with van der Waals surface area (Å²) < 4.78 is 26.3. The fourth-order valence-electron chi connectivity index (χ4n) is 4.57. The third-order valence-electron chi connectivity index (χ3n) is 6.46. The van der Waals surface area contributed by atoms with Gasteiger partial charge in [0.25, 0.3) is 5.69 Å². The Kier molecular flexibility index (Phi) is 8.13. The molecule has 0 spiro atoms. The molecule has 0 aliphatic carbocycles. The van der Waals surface area contributed by atoms with Gasteiger partial charge in [0.05, 0.1) is 17.1 Å². The molecule has 1 aliphatic heterocycles. The maximum Gasteiger partial charge on any atom is 0.270 e. The normalized spacial score (nSPS) is 14.3. The Morgan fingerprint density at radius 1 is 1.14 bits per heavy atom. The minimum absolute atomic E-state index is 0.110. The number of hydrogen-bond acceptors (Lipinski definition) is 6. The molecule has 1 fully saturated rings. The van der Waals surface area contributed by atoms with Crippen LogP contribution in [0.25, 0.3) is 11.0 Å². The van der Waals surface area contributed by atoms with Gasteiger partial charge in [-0.3, -0.25) is 14.9 Å². The van der Waals surface area contributed by atoms with Gasteiger partial charge < -0.3 is 14.1 Å². The number of unbranched alkanes of at least 4 members (excludes halogenated alkanes) is 1. The first-order chi connectivity index (χ1) is 17.0. The number of non-ortho nitro benzene ring substituents is 1. The first-order valence-corrected chi connectivity index (χ1v) is 12.4. The zero-order valence-corrected chi connectivity index (χ0v) is 20.1. The van der Waals surface area contributed by atoms with E-state index in [9.17, 15) is 19.3 Å². The van der Waals surface area contributed by atoms with Crippen LogP contribution in [0.5, 0.6) is 5.75 Å². The fourth-order valence-corrected chi connectivity index (χ4v) is 4.57. The number of carbonyl (C=O) groups excluding carboxylic acids is 1. The summed E-state index contributed by atoms with van der Waals surface area (Å²) in [6.45, 7) is 5.57. The van der Waals surface area contributed by atoms with E-state index in [2.05, 4.69) is 4.90 Å². The molecular weight excluding hydrogens is 451 g/mol. The van der Waals surface area contributed by atoms with Crippen LogP contribution >= 0.6 is 0 Å². The molecule has 3 aromatic rings. The number of furan rings is 1. The maximum absolute atomic E-state index is 14.8. The van der Waals surface area contributed by atoms with Gasteiger partial charge in [-0.2, -0.15) is 0 Å². The second-order valence-corrected chi connectivity index (χ2v) is 9.02. The molecule has 2 heterocycles. The summed E-state index contributed by atoms with van der Waals surface area (Å²) in [4.78, 5) is 26.6. The zero-order chi connectivity index (χ0) is 24.8. The van der Waals surface area contributed by atoms with Crippen molar-refractivity contribution in [3.8, 4) is 5.75 Å². The third-order valence-corrected chi connectivity index (χ3v) is 6.46. The van der Waals surface area contributed by atoms with E-state index in [1.54, 1.807) is 0 Å². The number of nitro groups is 1. The number of carbonyl (C=O) groups is 1. The van der Waals surface area contributed by atoms with Crippen molar-refractivity contribution in [1.82, 2.24) is 4.90 Å². The maximum atomic E-state index is 14.8. The van der Waals surface area contributed by atoms with Crippen LogP contribution in [0.2, 0.25) is 0 Å². The SMILES string of the molecule is CCCCc1oc2ccc([N+](=O)[O-])cc2c1C(=O)c1ccc(OCCCN2CCCCC2)c(F)c1. The van der Waals surface area contributed by atoms with Gasteiger partial charge in [0.2, 0.25) is 0 Å². The number of nitrogens with zero attached hydrogens (tertiary/aromatic N) is 2. The van der Waals surface area contributed by atoms with E-state index in [4.69, 9.17) is 9.15 Å². The summed E-state index contributed by atoms with van der Waals surface area (Å²) in [7, 11) is 0. The number of ketones is 1. The predicted molar refractivity (Wildman–Crippen MR) is 132 cm³/mol. The minimum atomic E-state index is -0.609. The summed E-state index contributed by atoms with van der Waals surface area (Å²) in [5.74, 6) is -0.460. The highest BCUT2D eigenvalue weighted by Gasteiger charge is 2.24. The van der Waals surface area contributed by atoms with Gasteiger partial charge >= 0.3 is 0 Å². The number of fused-ring (bicyclic) bond motifs is 1. The molecule has 4 rings (SSSR count). The number of ether oxygens (including phenoxy) is 1. The molecule has 0 bridgehead atoms. The van der Waals surface area contributed by atoms with Crippen LogP contribution in [0.3, 0.4) is 0 Å². The largest absolute Gasteiger partial charge is 0.490 e. The first kappa shape index (κ1) is 24.9. The lowest BCUT2D eigenvalue weighted by molar-refractivity contribution is -0.384. The fraction of sp³-hybridized carbons (Fsp3) is 0.444. The van der Waals surface area contributed by atoms with Crippen molar-refractivity contribution in [3.05, 3.63) is 69.2 Å². The van der Waals surface area contributed by atoms with E-state index in [-0.39, 0.29) is 22.6 Å². The summed E-state index contributed by atoms with van der Waals surface area (Å²) in [5, 5.41) is 11.6. The zero-order valence-electron chi connectivity index (χ0n) is 20.1. The average Bonchev–Trinajstić information content (AvgIpc) is 3.23. The van der Waals surface area contributed by atoms with E-state index in [0.717, 1.165) is 38.9 Å². The quantitative estimate of drug-likeness (QED) is 0.138. The number of piperidine rings is 1. The van der Waals surface area contributed by atoms with Gasteiger partial charge in [0.1, 0.15) is 11.3 Å². The number of halogens is 1. The van der Waals surface area contributed by atoms with Gasteiger partial charge in [-0.25, -0.2) is 4.39 Å². The number of aryl methyl sites for hydroxylation is 1. The van der Waals surface area contributed by atoms with Crippen molar-refractivity contribution in [3.63, 3.8) is 0 Å².